The molecule has 4 heteroatoms. The number of nitrogens with one attached hydrogen (secondary N) is 1. The van der Waals surface area contributed by atoms with E-state index in [0.29, 0.717) is 19.2 Å². The summed E-state index contributed by atoms with van der Waals surface area (Å²) < 4.78 is 5.12. The molecular formula is C14H21NO3. The predicted octanol–water partition coefficient (Wildman–Crippen LogP) is 1.83. The monoisotopic (exact) mass is 251 g/mol. The Morgan fingerprint density at radius 3 is 2.61 bits per heavy atom. The first-order valence-electron chi connectivity index (χ1n) is 6.18. The zero-order valence-corrected chi connectivity index (χ0v) is 11.0. The maximum atomic E-state index is 10.8. The number of hydrogen-bond acceptors (Lipinski definition) is 3. The van der Waals surface area contributed by atoms with Gasteiger partial charge < -0.3 is 15.2 Å². The molecule has 0 aromatic heterocycles. The average Bonchev–Trinajstić information content (AvgIpc) is 2.35. The maximum Gasteiger partial charge on any atom is 0.307 e. The number of rotatable bonds is 8. The largest absolute Gasteiger partial charge is 0.481 e. The second-order valence-electron chi connectivity index (χ2n) is 4.28. The fourth-order valence-corrected chi connectivity index (χ4v) is 1.84. The molecule has 1 aromatic rings. The van der Waals surface area contributed by atoms with Crippen molar-refractivity contribution in [1.29, 1.82) is 0 Å². The highest BCUT2D eigenvalue weighted by Gasteiger charge is 2.09. The minimum atomic E-state index is -0.800. The Kier molecular flexibility index (Phi) is 6.39. The molecule has 1 atom stereocenters. The highest BCUT2D eigenvalue weighted by atomic mass is 16.5. The lowest BCUT2D eigenvalue weighted by atomic mass is 10.0. The molecule has 0 spiro atoms. The highest BCUT2D eigenvalue weighted by molar-refractivity contribution is 5.70. The Bertz CT molecular complexity index is 379. The second-order valence-corrected chi connectivity index (χ2v) is 4.28. The first kappa shape index (κ1) is 14.7. The number of aliphatic carboxylic acids is 1. The van der Waals surface area contributed by atoms with Crippen LogP contribution in [0.2, 0.25) is 0 Å². The van der Waals surface area contributed by atoms with Crippen molar-refractivity contribution in [3.05, 3.63) is 35.4 Å². The van der Waals surface area contributed by atoms with Crippen LogP contribution >= 0.6 is 0 Å². The first-order valence-corrected chi connectivity index (χ1v) is 6.18. The summed E-state index contributed by atoms with van der Waals surface area (Å²) in [6, 6.07) is 7.93. The molecule has 4 nitrogen and oxygen atoms in total. The normalized spacial score (nSPS) is 12.3. The van der Waals surface area contributed by atoms with Crippen molar-refractivity contribution < 1.29 is 14.6 Å². The van der Waals surface area contributed by atoms with Gasteiger partial charge in [0.05, 0.1) is 13.0 Å². The molecule has 18 heavy (non-hydrogen) atoms. The molecule has 0 aliphatic carbocycles. The van der Waals surface area contributed by atoms with Crippen LogP contribution in [0.15, 0.2) is 24.3 Å². The lowest BCUT2D eigenvalue weighted by Crippen LogP contribution is -2.32. The topological polar surface area (TPSA) is 58.6 Å². The van der Waals surface area contributed by atoms with Crippen molar-refractivity contribution in [2.24, 2.45) is 0 Å². The number of ether oxygens (including phenoxy) is 1. The standard InChI is InChI=1S/C14H21NO3/c1-3-13(10-18-2)15-9-12-7-5-4-6-11(12)8-14(16)17/h4-7,13,15H,3,8-10H2,1-2H3,(H,16,17). The van der Waals surface area contributed by atoms with Crippen LogP contribution in [0.25, 0.3) is 0 Å². The zero-order valence-electron chi connectivity index (χ0n) is 11.0. The van der Waals surface area contributed by atoms with E-state index < -0.39 is 5.97 Å². The minimum Gasteiger partial charge on any atom is -0.481 e. The molecule has 0 fully saturated rings. The van der Waals surface area contributed by atoms with Gasteiger partial charge >= 0.3 is 5.97 Å². The summed E-state index contributed by atoms with van der Waals surface area (Å²) in [4.78, 5) is 10.8. The molecule has 0 aliphatic rings. The molecule has 0 bridgehead atoms. The van der Waals surface area contributed by atoms with Crippen LogP contribution in [-0.2, 0) is 22.5 Å². The predicted molar refractivity (Wildman–Crippen MR) is 70.6 cm³/mol. The smallest absolute Gasteiger partial charge is 0.307 e. The van der Waals surface area contributed by atoms with Crippen LogP contribution in [0.3, 0.4) is 0 Å². The number of carboxylic acid groups (broad SMARTS) is 1. The van der Waals surface area contributed by atoms with E-state index >= 15 is 0 Å². The highest BCUT2D eigenvalue weighted by Crippen LogP contribution is 2.10. The SMILES string of the molecule is CCC(COC)NCc1ccccc1CC(=O)O. The van der Waals surface area contributed by atoms with Gasteiger partial charge in [-0.3, -0.25) is 4.79 Å². The zero-order chi connectivity index (χ0) is 13.4. The lowest BCUT2D eigenvalue weighted by molar-refractivity contribution is -0.136. The van der Waals surface area contributed by atoms with Gasteiger partial charge in [-0.2, -0.15) is 0 Å². The molecule has 0 saturated heterocycles. The van der Waals surface area contributed by atoms with Gasteiger partial charge in [0, 0.05) is 19.7 Å². The van der Waals surface area contributed by atoms with E-state index in [4.69, 9.17) is 9.84 Å². The van der Waals surface area contributed by atoms with Gasteiger partial charge in [-0.25, -0.2) is 0 Å². The number of methoxy groups -OCH3 is 1. The fraction of sp³-hybridized carbons (Fsp3) is 0.500. The van der Waals surface area contributed by atoms with Crippen molar-refractivity contribution in [2.75, 3.05) is 13.7 Å². The van der Waals surface area contributed by atoms with Gasteiger partial charge in [0.1, 0.15) is 0 Å². The summed E-state index contributed by atoms with van der Waals surface area (Å²) in [6.45, 7) is 3.43. The Morgan fingerprint density at radius 1 is 1.39 bits per heavy atom. The molecule has 0 aliphatic heterocycles. The molecule has 100 valence electrons. The molecule has 1 unspecified atom stereocenters. The van der Waals surface area contributed by atoms with Crippen LogP contribution in [0.1, 0.15) is 24.5 Å². The summed E-state index contributed by atoms with van der Waals surface area (Å²) in [5.74, 6) is -0.800. The quantitative estimate of drug-likeness (QED) is 0.740. The van der Waals surface area contributed by atoms with Crippen LogP contribution in [0, 0.1) is 0 Å². The summed E-state index contributed by atoms with van der Waals surface area (Å²) in [5.41, 5.74) is 1.90. The molecule has 1 aromatic carbocycles. The second kappa shape index (κ2) is 7.84. The fourth-order valence-electron chi connectivity index (χ4n) is 1.84. The maximum absolute atomic E-state index is 10.8. The molecule has 1 rings (SSSR count). The summed E-state index contributed by atoms with van der Waals surface area (Å²) in [6.07, 6.45) is 1.05. The Labute approximate surface area is 108 Å². The summed E-state index contributed by atoms with van der Waals surface area (Å²) >= 11 is 0. The van der Waals surface area contributed by atoms with Crippen LogP contribution in [-0.4, -0.2) is 30.8 Å². The third-order valence-corrected chi connectivity index (χ3v) is 2.90. The van der Waals surface area contributed by atoms with Crippen molar-refractivity contribution in [3.63, 3.8) is 0 Å². The molecule has 2 N–H and O–H groups in total. The number of carbonyl (C=O) groups is 1. The van der Waals surface area contributed by atoms with Gasteiger partial charge in [-0.05, 0) is 17.5 Å². The molecule has 0 radical (unpaired) electrons. The van der Waals surface area contributed by atoms with Crippen molar-refractivity contribution in [2.45, 2.75) is 32.4 Å². The average molecular weight is 251 g/mol. The van der Waals surface area contributed by atoms with Crippen LogP contribution in [0.4, 0.5) is 0 Å². The van der Waals surface area contributed by atoms with Crippen molar-refractivity contribution >= 4 is 5.97 Å². The van der Waals surface area contributed by atoms with E-state index in [9.17, 15) is 4.79 Å². The van der Waals surface area contributed by atoms with E-state index in [0.717, 1.165) is 17.5 Å². The van der Waals surface area contributed by atoms with E-state index in [1.807, 2.05) is 24.3 Å². The van der Waals surface area contributed by atoms with Gasteiger partial charge in [0.15, 0.2) is 0 Å². The van der Waals surface area contributed by atoms with Crippen LogP contribution in [0.5, 0.6) is 0 Å². The summed E-state index contributed by atoms with van der Waals surface area (Å²) in [7, 11) is 1.68. The Morgan fingerprint density at radius 2 is 2.06 bits per heavy atom. The van der Waals surface area contributed by atoms with Crippen molar-refractivity contribution in [1.82, 2.24) is 5.32 Å². The molecule has 0 amide bonds. The van der Waals surface area contributed by atoms with E-state index in [1.165, 1.54) is 0 Å². The van der Waals surface area contributed by atoms with E-state index in [2.05, 4.69) is 12.2 Å². The Hall–Kier alpha value is -1.39. The van der Waals surface area contributed by atoms with Gasteiger partial charge in [0.2, 0.25) is 0 Å². The number of carboxylic acids is 1. The number of benzene rings is 1. The third-order valence-electron chi connectivity index (χ3n) is 2.90. The first-order chi connectivity index (χ1) is 8.67. The van der Waals surface area contributed by atoms with Gasteiger partial charge in [0.25, 0.3) is 0 Å². The summed E-state index contributed by atoms with van der Waals surface area (Å²) in [5, 5.41) is 12.2. The Balaban J connectivity index is 2.62. The van der Waals surface area contributed by atoms with Gasteiger partial charge in [-0.15, -0.1) is 0 Å². The van der Waals surface area contributed by atoms with Gasteiger partial charge in [-0.1, -0.05) is 31.2 Å². The lowest BCUT2D eigenvalue weighted by Gasteiger charge is -2.17. The van der Waals surface area contributed by atoms with Crippen LogP contribution < -0.4 is 5.32 Å². The van der Waals surface area contributed by atoms with E-state index in [1.54, 1.807) is 7.11 Å². The minimum absolute atomic E-state index is 0.0684. The third kappa shape index (κ3) is 4.85. The van der Waals surface area contributed by atoms with E-state index in [-0.39, 0.29) is 6.42 Å². The molecule has 0 saturated carbocycles. The number of hydrogen-bond donors (Lipinski definition) is 2. The molecule has 0 heterocycles. The molecular weight excluding hydrogens is 230 g/mol. The van der Waals surface area contributed by atoms with Crippen molar-refractivity contribution in [3.8, 4) is 0 Å².